The summed E-state index contributed by atoms with van der Waals surface area (Å²) >= 11 is 0. The molecule has 104 valence electrons. The number of fused-ring (bicyclic) bond motifs is 1. The third kappa shape index (κ3) is 2.38. The normalized spacial score (nSPS) is 14.0. The van der Waals surface area contributed by atoms with E-state index in [1.165, 1.54) is 0 Å². The molecule has 0 saturated heterocycles. The molecule has 0 unspecified atom stereocenters. The second-order valence-corrected chi connectivity index (χ2v) is 4.57. The van der Waals surface area contributed by atoms with E-state index in [0.29, 0.717) is 5.69 Å². The molecule has 3 rings (SSSR count). The van der Waals surface area contributed by atoms with Gasteiger partial charge in [-0.05, 0) is 22.9 Å². The lowest BCUT2D eigenvalue weighted by atomic mass is 10.1. The quantitative estimate of drug-likeness (QED) is 0.844. The van der Waals surface area contributed by atoms with Crippen molar-refractivity contribution in [2.45, 2.75) is 0 Å². The van der Waals surface area contributed by atoms with E-state index in [2.05, 4.69) is 5.32 Å². The first-order valence-electron chi connectivity index (χ1n) is 6.29. The van der Waals surface area contributed by atoms with Crippen molar-refractivity contribution in [2.24, 2.45) is 0 Å². The number of hydrogen-bond donors (Lipinski definition) is 2. The summed E-state index contributed by atoms with van der Waals surface area (Å²) in [5, 5.41) is 14.2. The number of carboxylic acids is 1. The van der Waals surface area contributed by atoms with Gasteiger partial charge in [-0.25, -0.2) is 9.59 Å². The number of nitrogens with one attached hydrogen (secondary N) is 1. The summed E-state index contributed by atoms with van der Waals surface area (Å²) in [6, 6.07) is 13.4. The molecule has 0 spiro atoms. The molecule has 0 aliphatic carbocycles. The van der Waals surface area contributed by atoms with Gasteiger partial charge in [0.15, 0.2) is 0 Å². The van der Waals surface area contributed by atoms with Gasteiger partial charge in [-0.15, -0.1) is 0 Å². The molecule has 21 heavy (non-hydrogen) atoms. The smallest absolute Gasteiger partial charge is 0.342 e. The summed E-state index contributed by atoms with van der Waals surface area (Å²) in [4.78, 5) is 21.9. The highest BCUT2D eigenvalue weighted by molar-refractivity contribution is 5.97. The van der Waals surface area contributed by atoms with Crippen molar-refractivity contribution >= 4 is 28.4 Å². The monoisotopic (exact) mass is 281 g/mol. The van der Waals surface area contributed by atoms with Crippen LogP contribution in [0.5, 0.6) is 0 Å². The van der Waals surface area contributed by atoms with Crippen LogP contribution in [0.2, 0.25) is 0 Å². The van der Waals surface area contributed by atoms with Crippen LogP contribution in [0.4, 0.5) is 5.69 Å². The van der Waals surface area contributed by atoms with E-state index in [0.717, 1.165) is 10.8 Å². The van der Waals surface area contributed by atoms with Crippen molar-refractivity contribution in [3.63, 3.8) is 0 Å². The Hall–Kier alpha value is -3.04. The summed E-state index contributed by atoms with van der Waals surface area (Å²) in [7, 11) is 0. The molecule has 1 aliphatic heterocycles. The Labute approximate surface area is 120 Å². The highest BCUT2D eigenvalue weighted by atomic mass is 16.5. The molecule has 5 nitrogen and oxygen atoms in total. The van der Waals surface area contributed by atoms with Crippen LogP contribution in [0.3, 0.4) is 0 Å². The predicted octanol–water partition coefficient (Wildman–Crippen LogP) is 2.34. The van der Waals surface area contributed by atoms with Crippen molar-refractivity contribution in [3.05, 3.63) is 59.5 Å². The molecule has 0 atom stereocenters. The average molecular weight is 281 g/mol. The third-order valence-corrected chi connectivity index (χ3v) is 3.23. The van der Waals surface area contributed by atoms with Crippen molar-refractivity contribution in [1.82, 2.24) is 0 Å². The Balaban J connectivity index is 1.99. The van der Waals surface area contributed by atoms with Gasteiger partial charge in [-0.2, -0.15) is 0 Å². The fraction of sp³-hybridized carbons (Fsp3) is 0.0625. The largest absolute Gasteiger partial charge is 0.477 e. The fourth-order valence-corrected chi connectivity index (χ4v) is 2.23. The van der Waals surface area contributed by atoms with Crippen LogP contribution in [0.25, 0.3) is 10.8 Å². The number of benzene rings is 2. The van der Waals surface area contributed by atoms with Crippen molar-refractivity contribution in [2.75, 3.05) is 11.9 Å². The topological polar surface area (TPSA) is 75.6 Å². The first-order valence-corrected chi connectivity index (χ1v) is 6.29. The second-order valence-electron chi connectivity index (χ2n) is 4.57. The highest BCUT2D eigenvalue weighted by Gasteiger charge is 2.28. The lowest BCUT2D eigenvalue weighted by Crippen LogP contribution is -2.08. The van der Waals surface area contributed by atoms with E-state index in [1.807, 2.05) is 42.5 Å². The first-order chi connectivity index (χ1) is 10.2. The summed E-state index contributed by atoms with van der Waals surface area (Å²) in [6.45, 7) is -0.0823. The van der Waals surface area contributed by atoms with E-state index in [4.69, 9.17) is 9.84 Å². The maximum Gasteiger partial charge on any atom is 0.342 e. The number of ether oxygens (including phenoxy) is 1. The highest BCUT2D eigenvalue weighted by Crippen LogP contribution is 2.26. The first kappa shape index (κ1) is 13.0. The average Bonchev–Trinajstić information content (AvgIpc) is 2.90. The predicted molar refractivity (Wildman–Crippen MR) is 77.4 cm³/mol. The second kappa shape index (κ2) is 5.15. The summed E-state index contributed by atoms with van der Waals surface area (Å²) in [6.07, 6.45) is 0. The molecule has 0 radical (unpaired) electrons. The molecule has 5 heteroatoms. The SMILES string of the molecule is O=C=C1COC(Nc2ccc3ccccc3c2)=C1C(=O)O. The van der Waals surface area contributed by atoms with Crippen LogP contribution >= 0.6 is 0 Å². The van der Waals surface area contributed by atoms with Crippen LogP contribution in [-0.2, 0) is 14.3 Å². The Morgan fingerprint density at radius 1 is 1.19 bits per heavy atom. The molecule has 1 heterocycles. The van der Waals surface area contributed by atoms with E-state index < -0.39 is 5.97 Å². The van der Waals surface area contributed by atoms with Crippen molar-refractivity contribution in [3.8, 4) is 0 Å². The number of aliphatic carboxylic acids is 1. The van der Waals surface area contributed by atoms with Crippen LogP contribution in [0.1, 0.15) is 0 Å². The number of carbonyl (C=O) groups is 1. The summed E-state index contributed by atoms with van der Waals surface area (Å²) < 4.78 is 5.23. The molecule has 0 saturated carbocycles. The Morgan fingerprint density at radius 2 is 1.95 bits per heavy atom. The number of carbonyl (C=O) groups excluding carboxylic acids is 1. The molecule has 0 amide bonds. The van der Waals surface area contributed by atoms with Crippen LogP contribution in [0, 0.1) is 0 Å². The molecule has 2 aromatic carbocycles. The van der Waals surface area contributed by atoms with Gasteiger partial charge in [0.1, 0.15) is 18.1 Å². The van der Waals surface area contributed by atoms with Gasteiger partial charge in [0, 0.05) is 5.69 Å². The van der Waals surface area contributed by atoms with Crippen LogP contribution in [0.15, 0.2) is 59.5 Å². The number of anilines is 1. The Morgan fingerprint density at radius 3 is 2.67 bits per heavy atom. The molecule has 0 fully saturated rings. The van der Waals surface area contributed by atoms with E-state index in [-0.39, 0.29) is 23.6 Å². The number of rotatable bonds is 3. The zero-order valence-corrected chi connectivity index (χ0v) is 10.9. The standard InChI is InChI=1S/C16H11NO4/c18-8-12-9-21-15(14(12)16(19)20)17-13-6-5-10-3-1-2-4-11(10)7-13/h1-7,17H,9H2,(H,19,20). The molecule has 1 aliphatic rings. The maximum absolute atomic E-state index is 11.2. The lowest BCUT2D eigenvalue weighted by molar-refractivity contribution is -0.132. The molecular weight excluding hydrogens is 270 g/mol. The summed E-state index contributed by atoms with van der Waals surface area (Å²) in [5.41, 5.74) is 0.526. The zero-order valence-electron chi connectivity index (χ0n) is 10.9. The van der Waals surface area contributed by atoms with Crippen molar-refractivity contribution in [1.29, 1.82) is 0 Å². The molecule has 2 N–H and O–H groups in total. The Bertz CT molecular complexity index is 816. The zero-order chi connectivity index (χ0) is 14.8. The molecular formula is C16H11NO4. The van der Waals surface area contributed by atoms with Crippen LogP contribution in [-0.4, -0.2) is 23.6 Å². The molecule has 2 aromatic rings. The van der Waals surface area contributed by atoms with Gasteiger partial charge in [0.25, 0.3) is 0 Å². The molecule has 0 bridgehead atoms. The van der Waals surface area contributed by atoms with Crippen molar-refractivity contribution < 1.29 is 19.4 Å². The minimum Gasteiger partial charge on any atom is -0.477 e. The van der Waals surface area contributed by atoms with Gasteiger partial charge in [-0.3, -0.25) is 0 Å². The van der Waals surface area contributed by atoms with E-state index >= 15 is 0 Å². The van der Waals surface area contributed by atoms with Crippen LogP contribution < -0.4 is 5.32 Å². The van der Waals surface area contributed by atoms with E-state index in [1.54, 1.807) is 5.94 Å². The fourth-order valence-electron chi connectivity index (χ4n) is 2.23. The van der Waals surface area contributed by atoms with Gasteiger partial charge < -0.3 is 15.2 Å². The Kier molecular flexibility index (Phi) is 3.18. The van der Waals surface area contributed by atoms with Gasteiger partial charge in [0.2, 0.25) is 5.88 Å². The number of hydrogen-bond acceptors (Lipinski definition) is 4. The molecule has 0 aromatic heterocycles. The van der Waals surface area contributed by atoms with Gasteiger partial charge >= 0.3 is 5.97 Å². The number of carboxylic acid groups (broad SMARTS) is 1. The third-order valence-electron chi connectivity index (χ3n) is 3.23. The van der Waals surface area contributed by atoms with E-state index in [9.17, 15) is 9.59 Å². The summed E-state index contributed by atoms with van der Waals surface area (Å²) in [5.74, 6) is 0.456. The van der Waals surface area contributed by atoms with Gasteiger partial charge in [-0.1, -0.05) is 30.3 Å². The minimum absolute atomic E-state index is 0.00536. The lowest BCUT2D eigenvalue weighted by Gasteiger charge is -2.09. The minimum atomic E-state index is -1.21. The maximum atomic E-state index is 11.2. The van der Waals surface area contributed by atoms with Gasteiger partial charge in [0.05, 0.1) is 5.57 Å².